The van der Waals surface area contributed by atoms with E-state index in [0.717, 1.165) is 23.3 Å². The Bertz CT molecular complexity index is 1720. The molecule has 0 radical (unpaired) electrons. The van der Waals surface area contributed by atoms with Crippen LogP contribution in [0.3, 0.4) is 0 Å². The molecule has 0 saturated carbocycles. The van der Waals surface area contributed by atoms with Crippen LogP contribution in [-0.4, -0.2) is 57.0 Å². The van der Waals surface area contributed by atoms with Gasteiger partial charge in [0.1, 0.15) is 17.6 Å². The molecule has 0 spiro atoms. The fourth-order valence-electron chi connectivity index (χ4n) is 4.74. The van der Waals surface area contributed by atoms with Crippen LogP contribution in [0.2, 0.25) is 5.02 Å². The Hall–Kier alpha value is -4.45. The van der Waals surface area contributed by atoms with E-state index in [-0.39, 0.29) is 41.3 Å². The van der Waals surface area contributed by atoms with Gasteiger partial charge in [0.15, 0.2) is 6.61 Å². The van der Waals surface area contributed by atoms with E-state index in [9.17, 15) is 22.4 Å². The van der Waals surface area contributed by atoms with Gasteiger partial charge < -0.3 is 19.7 Å². The topological polar surface area (TPSA) is 114 Å². The standard InChI is InChI=1S/C36H39ClFN3O6S/c1-26(2)46-22-6-21-39-36(43)34(23-27-7-4-3-5-8-27)41(24-28-9-11-29(37)12-10-28)35(42)25-47-32-17-19-33(20-18-32)48(44,45)40-31-15-13-30(38)14-16-31/h3-5,7-20,26,34,40H,6,21-25H2,1-2H3,(H,39,43)/t34-/m0/s1. The van der Waals surface area contributed by atoms with Crippen molar-refractivity contribution in [3.05, 3.63) is 125 Å². The van der Waals surface area contributed by atoms with Gasteiger partial charge in [0.05, 0.1) is 11.0 Å². The maximum absolute atomic E-state index is 13.9. The molecule has 2 N–H and O–H groups in total. The highest BCUT2D eigenvalue weighted by Gasteiger charge is 2.30. The second-order valence-electron chi connectivity index (χ2n) is 11.3. The van der Waals surface area contributed by atoms with Crippen LogP contribution < -0.4 is 14.8 Å². The highest BCUT2D eigenvalue weighted by Crippen LogP contribution is 2.21. The molecule has 4 rings (SSSR count). The van der Waals surface area contributed by atoms with Crippen molar-refractivity contribution in [1.82, 2.24) is 10.2 Å². The van der Waals surface area contributed by atoms with Gasteiger partial charge >= 0.3 is 0 Å². The van der Waals surface area contributed by atoms with Crippen LogP contribution >= 0.6 is 11.6 Å². The summed E-state index contributed by atoms with van der Waals surface area (Å²) in [6.07, 6.45) is 0.960. The van der Waals surface area contributed by atoms with Gasteiger partial charge in [-0.3, -0.25) is 14.3 Å². The largest absolute Gasteiger partial charge is 0.484 e. The van der Waals surface area contributed by atoms with Gasteiger partial charge in [-0.25, -0.2) is 12.8 Å². The molecule has 0 heterocycles. The zero-order valence-corrected chi connectivity index (χ0v) is 28.3. The number of hydrogen-bond donors (Lipinski definition) is 2. The highest BCUT2D eigenvalue weighted by molar-refractivity contribution is 7.92. The normalized spacial score (nSPS) is 11.9. The minimum Gasteiger partial charge on any atom is -0.484 e. The Morgan fingerprint density at radius 2 is 1.54 bits per heavy atom. The second-order valence-corrected chi connectivity index (χ2v) is 13.4. The number of rotatable bonds is 17. The minimum absolute atomic E-state index is 0.0479. The van der Waals surface area contributed by atoms with E-state index in [4.69, 9.17) is 21.1 Å². The van der Waals surface area contributed by atoms with E-state index in [0.29, 0.717) is 24.6 Å². The summed E-state index contributed by atoms with van der Waals surface area (Å²) >= 11 is 6.11. The minimum atomic E-state index is -3.96. The zero-order valence-electron chi connectivity index (χ0n) is 26.8. The molecule has 0 aromatic heterocycles. The number of benzene rings is 4. The van der Waals surface area contributed by atoms with Gasteiger partial charge in [0.2, 0.25) is 5.91 Å². The van der Waals surface area contributed by atoms with E-state index in [1.165, 1.54) is 41.3 Å². The number of anilines is 1. The fourth-order valence-corrected chi connectivity index (χ4v) is 5.92. The molecule has 48 heavy (non-hydrogen) atoms. The first-order valence-electron chi connectivity index (χ1n) is 15.5. The molecular weight excluding hydrogens is 657 g/mol. The number of hydrogen-bond acceptors (Lipinski definition) is 6. The van der Waals surface area contributed by atoms with Crippen molar-refractivity contribution in [2.24, 2.45) is 0 Å². The lowest BCUT2D eigenvalue weighted by Gasteiger charge is -2.31. The Labute approximate surface area is 286 Å². The number of nitrogens with zero attached hydrogens (tertiary/aromatic N) is 1. The van der Waals surface area contributed by atoms with Crippen LogP contribution in [-0.2, 0) is 37.3 Å². The Kier molecular flexibility index (Phi) is 13.4. The molecule has 1 atom stereocenters. The third kappa shape index (κ3) is 11.4. The van der Waals surface area contributed by atoms with Crippen LogP contribution in [0, 0.1) is 5.82 Å². The zero-order chi connectivity index (χ0) is 34.5. The van der Waals surface area contributed by atoms with E-state index in [2.05, 4.69) is 10.0 Å². The smallest absolute Gasteiger partial charge is 0.261 e. The molecule has 0 fully saturated rings. The summed E-state index contributed by atoms with van der Waals surface area (Å²) in [6.45, 7) is 4.47. The molecule has 0 saturated heterocycles. The van der Waals surface area contributed by atoms with Gasteiger partial charge in [-0.1, -0.05) is 54.1 Å². The molecule has 4 aromatic carbocycles. The lowest BCUT2D eigenvalue weighted by Crippen LogP contribution is -2.52. The number of carbonyl (C=O) groups is 2. The first-order chi connectivity index (χ1) is 23.0. The van der Waals surface area contributed by atoms with Crippen LogP contribution in [0.4, 0.5) is 10.1 Å². The second kappa shape index (κ2) is 17.6. The van der Waals surface area contributed by atoms with Crippen LogP contribution in [0.15, 0.2) is 108 Å². The van der Waals surface area contributed by atoms with Crippen molar-refractivity contribution < 1.29 is 31.9 Å². The number of halogens is 2. The number of amides is 2. The molecule has 12 heteroatoms. The third-order valence-electron chi connectivity index (χ3n) is 7.20. The number of ether oxygens (including phenoxy) is 2. The van der Waals surface area contributed by atoms with Gasteiger partial charge in [-0.15, -0.1) is 0 Å². The summed E-state index contributed by atoms with van der Waals surface area (Å²) in [7, 11) is -3.96. The number of sulfonamides is 1. The van der Waals surface area contributed by atoms with Crippen LogP contribution in [0.1, 0.15) is 31.4 Å². The summed E-state index contributed by atoms with van der Waals surface area (Å²) in [5, 5.41) is 3.51. The third-order valence-corrected chi connectivity index (χ3v) is 8.85. The average Bonchev–Trinajstić information content (AvgIpc) is 3.07. The predicted octanol–water partition coefficient (Wildman–Crippen LogP) is 6.23. The SMILES string of the molecule is CC(C)OCCCNC(=O)[C@H](Cc1ccccc1)N(Cc1ccc(Cl)cc1)C(=O)COc1ccc(S(=O)(=O)Nc2ccc(F)cc2)cc1. The van der Waals surface area contributed by atoms with E-state index in [1.807, 2.05) is 44.2 Å². The van der Waals surface area contributed by atoms with Crippen molar-refractivity contribution >= 4 is 39.1 Å². The van der Waals surface area contributed by atoms with E-state index in [1.54, 1.807) is 24.3 Å². The summed E-state index contributed by atoms with van der Waals surface area (Å²) in [6, 6.07) is 26.1. The Morgan fingerprint density at radius 1 is 0.875 bits per heavy atom. The highest BCUT2D eigenvalue weighted by atomic mass is 35.5. The van der Waals surface area contributed by atoms with Crippen LogP contribution in [0.25, 0.3) is 0 Å². The van der Waals surface area contributed by atoms with Crippen LogP contribution in [0.5, 0.6) is 5.75 Å². The molecular formula is C36H39ClFN3O6S. The van der Waals surface area contributed by atoms with Crippen molar-refractivity contribution in [3.8, 4) is 5.75 Å². The van der Waals surface area contributed by atoms with E-state index >= 15 is 0 Å². The average molecular weight is 696 g/mol. The van der Waals surface area contributed by atoms with Gasteiger partial charge in [-0.05, 0) is 92.1 Å². The number of carbonyl (C=O) groups excluding carboxylic acids is 2. The molecule has 254 valence electrons. The first-order valence-corrected chi connectivity index (χ1v) is 17.3. The summed E-state index contributed by atoms with van der Waals surface area (Å²) in [5.74, 6) is -0.988. The molecule has 9 nitrogen and oxygen atoms in total. The van der Waals surface area contributed by atoms with Crippen molar-refractivity contribution in [1.29, 1.82) is 0 Å². The summed E-state index contributed by atoms with van der Waals surface area (Å²) in [5.41, 5.74) is 1.86. The van der Waals surface area contributed by atoms with E-state index < -0.39 is 34.4 Å². The summed E-state index contributed by atoms with van der Waals surface area (Å²) < 4.78 is 52.6. The molecule has 0 unspecified atom stereocenters. The quantitative estimate of drug-likeness (QED) is 0.127. The molecule has 0 aliphatic carbocycles. The van der Waals surface area contributed by atoms with Crippen molar-refractivity contribution in [3.63, 3.8) is 0 Å². The molecule has 2 amide bonds. The molecule has 0 aliphatic heterocycles. The maximum atomic E-state index is 13.9. The monoisotopic (exact) mass is 695 g/mol. The summed E-state index contributed by atoms with van der Waals surface area (Å²) in [4.78, 5) is 29.0. The fraction of sp³-hybridized carbons (Fsp3) is 0.278. The first kappa shape index (κ1) is 36.4. The maximum Gasteiger partial charge on any atom is 0.261 e. The molecule has 0 bridgehead atoms. The predicted molar refractivity (Wildman–Crippen MR) is 184 cm³/mol. The molecule has 0 aliphatic rings. The van der Waals surface area contributed by atoms with Crippen molar-refractivity contribution in [2.45, 2.75) is 50.3 Å². The number of nitrogens with one attached hydrogen (secondary N) is 2. The van der Waals surface area contributed by atoms with Crippen molar-refractivity contribution in [2.75, 3.05) is 24.5 Å². The van der Waals surface area contributed by atoms with Gasteiger partial charge in [-0.2, -0.15) is 0 Å². The molecule has 4 aromatic rings. The lowest BCUT2D eigenvalue weighted by molar-refractivity contribution is -0.142. The lowest BCUT2D eigenvalue weighted by atomic mass is 10.0. The Balaban J connectivity index is 1.51. The van der Waals surface area contributed by atoms with Gasteiger partial charge in [0.25, 0.3) is 15.9 Å². The van der Waals surface area contributed by atoms with Gasteiger partial charge in [0, 0.05) is 36.8 Å². The Morgan fingerprint density at radius 3 is 2.19 bits per heavy atom.